The average Bonchev–Trinajstić information content (AvgIpc) is 2.39. The molecule has 0 atom stereocenters. The molecule has 0 fully saturated rings. The van der Waals surface area contributed by atoms with Crippen molar-refractivity contribution in [1.29, 1.82) is 5.26 Å². The van der Waals surface area contributed by atoms with Gasteiger partial charge in [-0.25, -0.2) is 0 Å². The number of nitriles is 1. The van der Waals surface area contributed by atoms with E-state index in [0.29, 0.717) is 11.1 Å². The number of pyridine rings is 1. The average molecular weight is 208 g/mol. The van der Waals surface area contributed by atoms with Crippen molar-refractivity contribution >= 4 is 6.29 Å². The molecular weight excluding hydrogens is 200 g/mol. The first-order valence-corrected chi connectivity index (χ1v) is 4.75. The minimum atomic E-state index is 0.592. The fraction of sp³-hybridized carbons (Fsp3) is 0. The molecule has 0 N–H and O–H groups in total. The Hall–Kier alpha value is -2.47. The molecule has 76 valence electrons. The molecule has 1 aromatic heterocycles. The van der Waals surface area contributed by atoms with Crippen molar-refractivity contribution in [2.45, 2.75) is 0 Å². The number of hydrogen-bond acceptors (Lipinski definition) is 3. The van der Waals surface area contributed by atoms with E-state index < -0.39 is 0 Å². The molecule has 0 bridgehead atoms. The summed E-state index contributed by atoms with van der Waals surface area (Å²) in [5.74, 6) is 0. The number of rotatable bonds is 2. The molecule has 2 aromatic rings. The molecule has 0 radical (unpaired) electrons. The summed E-state index contributed by atoms with van der Waals surface area (Å²) in [7, 11) is 0. The normalized spacial score (nSPS) is 9.44. The van der Waals surface area contributed by atoms with Gasteiger partial charge in [-0.1, -0.05) is 12.1 Å². The number of carbonyl (C=O) groups excluding carboxylic acids is 1. The highest BCUT2D eigenvalue weighted by molar-refractivity contribution is 5.77. The van der Waals surface area contributed by atoms with Crippen molar-refractivity contribution in [2.24, 2.45) is 0 Å². The number of aromatic nitrogens is 1. The lowest BCUT2D eigenvalue weighted by atomic mass is 10.1. The second-order valence-electron chi connectivity index (χ2n) is 3.28. The van der Waals surface area contributed by atoms with Gasteiger partial charge in [0, 0.05) is 17.3 Å². The highest BCUT2D eigenvalue weighted by Gasteiger charge is 2.00. The van der Waals surface area contributed by atoms with E-state index in [4.69, 9.17) is 5.26 Å². The van der Waals surface area contributed by atoms with Gasteiger partial charge in [-0.3, -0.25) is 9.78 Å². The van der Waals surface area contributed by atoms with Gasteiger partial charge in [0.25, 0.3) is 0 Å². The Kier molecular flexibility index (Phi) is 2.75. The second kappa shape index (κ2) is 4.37. The Bertz CT molecular complexity index is 553. The van der Waals surface area contributed by atoms with Crippen molar-refractivity contribution in [2.75, 3.05) is 0 Å². The minimum absolute atomic E-state index is 0.592. The summed E-state index contributed by atoms with van der Waals surface area (Å²) in [6, 6.07) is 12.5. The summed E-state index contributed by atoms with van der Waals surface area (Å²) < 4.78 is 0. The van der Waals surface area contributed by atoms with Crippen LogP contribution in [0.3, 0.4) is 0 Å². The standard InChI is InChI=1S/C13H8N2O/c14-8-10-1-3-12(4-2-10)13-7-11(9-16)5-6-15-13/h1-7,9H. The molecule has 0 unspecified atom stereocenters. The predicted octanol–water partition coefficient (Wildman–Crippen LogP) is 2.43. The van der Waals surface area contributed by atoms with Gasteiger partial charge >= 0.3 is 0 Å². The Balaban J connectivity index is 2.42. The molecule has 0 amide bonds. The van der Waals surface area contributed by atoms with Crippen molar-refractivity contribution in [3.05, 3.63) is 53.7 Å². The number of hydrogen-bond donors (Lipinski definition) is 0. The maximum absolute atomic E-state index is 10.6. The van der Waals surface area contributed by atoms with Crippen LogP contribution >= 0.6 is 0 Å². The molecule has 0 aliphatic carbocycles. The van der Waals surface area contributed by atoms with Crippen LogP contribution in [0.25, 0.3) is 11.3 Å². The monoisotopic (exact) mass is 208 g/mol. The molecule has 0 spiro atoms. The first-order chi connectivity index (χ1) is 7.83. The summed E-state index contributed by atoms with van der Waals surface area (Å²) in [6.07, 6.45) is 2.38. The quantitative estimate of drug-likeness (QED) is 0.712. The summed E-state index contributed by atoms with van der Waals surface area (Å²) in [5, 5.41) is 8.67. The lowest BCUT2D eigenvalue weighted by Gasteiger charge is -2.00. The molecule has 0 saturated heterocycles. The molecule has 3 nitrogen and oxygen atoms in total. The molecule has 1 heterocycles. The fourth-order valence-electron chi connectivity index (χ4n) is 1.39. The van der Waals surface area contributed by atoms with E-state index in [1.54, 1.807) is 30.5 Å². The smallest absolute Gasteiger partial charge is 0.150 e. The zero-order chi connectivity index (χ0) is 11.4. The fourth-order valence-corrected chi connectivity index (χ4v) is 1.39. The Labute approximate surface area is 93.0 Å². The highest BCUT2D eigenvalue weighted by atomic mass is 16.1. The summed E-state index contributed by atoms with van der Waals surface area (Å²) in [4.78, 5) is 14.8. The minimum Gasteiger partial charge on any atom is -0.298 e. The summed E-state index contributed by atoms with van der Waals surface area (Å²) >= 11 is 0. The zero-order valence-electron chi connectivity index (χ0n) is 8.42. The molecule has 1 aromatic carbocycles. The second-order valence-corrected chi connectivity index (χ2v) is 3.28. The Morgan fingerprint density at radius 2 is 1.94 bits per heavy atom. The van der Waals surface area contributed by atoms with E-state index in [-0.39, 0.29) is 0 Å². The Morgan fingerprint density at radius 1 is 1.19 bits per heavy atom. The van der Waals surface area contributed by atoms with Crippen LogP contribution in [0.5, 0.6) is 0 Å². The molecule has 3 heteroatoms. The first-order valence-electron chi connectivity index (χ1n) is 4.75. The van der Waals surface area contributed by atoms with Crippen molar-refractivity contribution in [1.82, 2.24) is 4.98 Å². The van der Waals surface area contributed by atoms with E-state index in [1.807, 2.05) is 12.1 Å². The third-order valence-corrected chi connectivity index (χ3v) is 2.23. The zero-order valence-corrected chi connectivity index (χ0v) is 8.42. The lowest BCUT2D eigenvalue weighted by Crippen LogP contribution is -1.86. The molecule has 0 aliphatic rings. The van der Waals surface area contributed by atoms with Crippen LogP contribution in [-0.4, -0.2) is 11.3 Å². The summed E-state index contributed by atoms with van der Waals surface area (Å²) in [6.45, 7) is 0. The van der Waals surface area contributed by atoms with Crippen LogP contribution in [0.15, 0.2) is 42.6 Å². The van der Waals surface area contributed by atoms with Gasteiger partial charge in [0.15, 0.2) is 0 Å². The number of carbonyl (C=O) groups is 1. The van der Waals surface area contributed by atoms with E-state index in [0.717, 1.165) is 17.5 Å². The van der Waals surface area contributed by atoms with Gasteiger partial charge in [-0.15, -0.1) is 0 Å². The van der Waals surface area contributed by atoms with Crippen molar-refractivity contribution in [3.8, 4) is 17.3 Å². The highest BCUT2D eigenvalue weighted by Crippen LogP contribution is 2.17. The molecule has 0 saturated carbocycles. The largest absolute Gasteiger partial charge is 0.298 e. The number of aldehydes is 1. The van der Waals surface area contributed by atoms with E-state index >= 15 is 0 Å². The lowest BCUT2D eigenvalue weighted by molar-refractivity contribution is 0.112. The maximum Gasteiger partial charge on any atom is 0.150 e. The summed E-state index contributed by atoms with van der Waals surface area (Å²) in [5.41, 5.74) is 2.82. The SMILES string of the molecule is N#Cc1ccc(-c2cc(C=O)ccn2)cc1. The van der Waals surface area contributed by atoms with E-state index in [1.165, 1.54) is 0 Å². The van der Waals surface area contributed by atoms with Crippen LogP contribution in [0.4, 0.5) is 0 Å². The van der Waals surface area contributed by atoms with Gasteiger partial charge in [0.1, 0.15) is 6.29 Å². The van der Waals surface area contributed by atoms with Crippen LogP contribution in [0, 0.1) is 11.3 Å². The van der Waals surface area contributed by atoms with Gasteiger partial charge in [0.2, 0.25) is 0 Å². The van der Waals surface area contributed by atoms with Gasteiger partial charge in [0.05, 0.1) is 17.3 Å². The van der Waals surface area contributed by atoms with Crippen molar-refractivity contribution in [3.63, 3.8) is 0 Å². The van der Waals surface area contributed by atoms with Crippen LogP contribution in [-0.2, 0) is 0 Å². The maximum atomic E-state index is 10.6. The molecular formula is C13H8N2O. The van der Waals surface area contributed by atoms with Gasteiger partial charge in [-0.2, -0.15) is 5.26 Å². The van der Waals surface area contributed by atoms with E-state index in [2.05, 4.69) is 11.1 Å². The van der Waals surface area contributed by atoms with Crippen molar-refractivity contribution < 1.29 is 4.79 Å². The van der Waals surface area contributed by atoms with Gasteiger partial charge < -0.3 is 0 Å². The molecule has 16 heavy (non-hydrogen) atoms. The van der Waals surface area contributed by atoms with E-state index in [9.17, 15) is 4.79 Å². The third kappa shape index (κ3) is 1.96. The number of benzene rings is 1. The molecule has 2 rings (SSSR count). The van der Waals surface area contributed by atoms with Crippen LogP contribution in [0.2, 0.25) is 0 Å². The number of nitrogens with zero attached hydrogens (tertiary/aromatic N) is 2. The van der Waals surface area contributed by atoms with Gasteiger partial charge in [-0.05, 0) is 24.3 Å². The first kappa shape index (κ1) is 10.1. The topological polar surface area (TPSA) is 53.8 Å². The third-order valence-electron chi connectivity index (χ3n) is 2.23. The molecule has 0 aliphatic heterocycles. The van der Waals surface area contributed by atoms with Crippen LogP contribution < -0.4 is 0 Å². The Morgan fingerprint density at radius 3 is 2.56 bits per heavy atom. The predicted molar refractivity (Wildman–Crippen MR) is 59.8 cm³/mol. The van der Waals surface area contributed by atoms with Crippen LogP contribution in [0.1, 0.15) is 15.9 Å².